The fraction of sp³-hybridized carbons (Fsp3) is 0.333. The number of aromatic nitrogens is 2. The molecule has 0 aromatic carbocycles. The fourth-order valence-electron chi connectivity index (χ4n) is 1.58. The average Bonchev–Trinajstić information content (AvgIpc) is 2.81. The Morgan fingerprint density at radius 2 is 2.41 bits per heavy atom. The van der Waals surface area contributed by atoms with E-state index in [0.29, 0.717) is 18.1 Å². The minimum atomic E-state index is -0.147. The van der Waals surface area contributed by atoms with Crippen LogP contribution in [0.2, 0.25) is 0 Å². The van der Waals surface area contributed by atoms with E-state index in [1.807, 2.05) is 26.0 Å². The van der Waals surface area contributed by atoms with E-state index in [4.69, 9.17) is 4.42 Å². The van der Waals surface area contributed by atoms with E-state index in [2.05, 4.69) is 15.3 Å². The minimum absolute atomic E-state index is 0.0241. The van der Waals surface area contributed by atoms with Gasteiger partial charge in [-0.15, -0.1) is 0 Å². The van der Waals surface area contributed by atoms with Crippen molar-refractivity contribution in [3.8, 4) is 0 Å². The number of anilines is 1. The van der Waals surface area contributed by atoms with Crippen LogP contribution in [0.15, 0.2) is 33.7 Å². The van der Waals surface area contributed by atoms with Crippen molar-refractivity contribution in [1.82, 2.24) is 9.97 Å². The number of nitrogens with one attached hydrogen (secondary N) is 2. The highest BCUT2D eigenvalue weighted by Gasteiger charge is 2.09. The fourth-order valence-corrected chi connectivity index (χ4v) is 1.58. The summed E-state index contributed by atoms with van der Waals surface area (Å²) in [5.74, 6) is 2.05. The van der Waals surface area contributed by atoms with Crippen LogP contribution >= 0.6 is 0 Å². The van der Waals surface area contributed by atoms with E-state index in [9.17, 15) is 4.79 Å². The van der Waals surface area contributed by atoms with Crippen molar-refractivity contribution in [3.63, 3.8) is 0 Å². The number of H-pyrrole nitrogens is 1. The molecule has 1 atom stereocenters. The van der Waals surface area contributed by atoms with Gasteiger partial charge in [0.25, 0.3) is 5.56 Å². The predicted octanol–water partition coefficient (Wildman–Crippen LogP) is 2.10. The summed E-state index contributed by atoms with van der Waals surface area (Å²) in [5.41, 5.74) is -0.147. The van der Waals surface area contributed by atoms with E-state index in [0.717, 1.165) is 5.76 Å². The lowest BCUT2D eigenvalue weighted by Gasteiger charge is -2.12. The largest absolute Gasteiger partial charge is 0.467 e. The Kier molecular flexibility index (Phi) is 3.27. The van der Waals surface area contributed by atoms with Gasteiger partial charge in [0.2, 0.25) is 0 Å². The molecule has 90 valence electrons. The van der Waals surface area contributed by atoms with Crippen LogP contribution in [0.4, 0.5) is 5.82 Å². The zero-order valence-electron chi connectivity index (χ0n) is 9.86. The van der Waals surface area contributed by atoms with Crippen molar-refractivity contribution in [3.05, 3.63) is 46.4 Å². The molecule has 0 bridgehead atoms. The van der Waals surface area contributed by atoms with Gasteiger partial charge in [-0.05, 0) is 19.1 Å². The molecular weight excluding hydrogens is 218 g/mol. The number of aromatic amines is 1. The first-order chi connectivity index (χ1) is 8.19. The van der Waals surface area contributed by atoms with Gasteiger partial charge in [-0.2, -0.15) is 0 Å². The molecule has 2 N–H and O–H groups in total. The maximum Gasteiger partial charge on any atom is 0.252 e. The summed E-state index contributed by atoms with van der Waals surface area (Å²) >= 11 is 0. The highest BCUT2D eigenvalue weighted by Crippen LogP contribution is 2.17. The summed E-state index contributed by atoms with van der Waals surface area (Å²) in [6.07, 6.45) is 2.32. The maximum absolute atomic E-state index is 11.4. The van der Waals surface area contributed by atoms with Crippen LogP contribution in [0.1, 0.15) is 31.5 Å². The van der Waals surface area contributed by atoms with Crippen molar-refractivity contribution in [2.75, 3.05) is 5.32 Å². The molecule has 5 nitrogen and oxygen atoms in total. The topological polar surface area (TPSA) is 70.9 Å². The number of nitrogens with zero attached hydrogens (tertiary/aromatic N) is 1. The number of hydrogen-bond acceptors (Lipinski definition) is 4. The molecule has 0 saturated carbocycles. The molecule has 0 amide bonds. The van der Waals surface area contributed by atoms with Crippen molar-refractivity contribution in [1.29, 1.82) is 0 Å². The van der Waals surface area contributed by atoms with E-state index in [1.165, 1.54) is 6.07 Å². The molecule has 0 radical (unpaired) electrons. The highest BCUT2D eigenvalue weighted by atomic mass is 16.3. The van der Waals surface area contributed by atoms with E-state index >= 15 is 0 Å². The third-order valence-corrected chi connectivity index (χ3v) is 2.46. The van der Waals surface area contributed by atoms with Crippen LogP contribution in [-0.4, -0.2) is 9.97 Å². The molecule has 0 aliphatic carbocycles. The smallest absolute Gasteiger partial charge is 0.252 e. The monoisotopic (exact) mass is 233 g/mol. The zero-order chi connectivity index (χ0) is 12.3. The van der Waals surface area contributed by atoms with Crippen LogP contribution in [0.3, 0.4) is 0 Å². The third-order valence-electron chi connectivity index (χ3n) is 2.46. The van der Waals surface area contributed by atoms with Crippen molar-refractivity contribution in [2.24, 2.45) is 0 Å². The summed E-state index contributed by atoms with van der Waals surface area (Å²) < 4.78 is 5.28. The Hall–Kier alpha value is -2.04. The average molecular weight is 233 g/mol. The lowest BCUT2D eigenvalue weighted by atomic mass is 10.2. The number of furan rings is 1. The van der Waals surface area contributed by atoms with Crippen molar-refractivity contribution >= 4 is 5.82 Å². The van der Waals surface area contributed by atoms with Gasteiger partial charge in [0.15, 0.2) is 0 Å². The summed E-state index contributed by atoms with van der Waals surface area (Å²) in [6.45, 7) is 3.89. The molecule has 0 fully saturated rings. The van der Waals surface area contributed by atoms with Crippen LogP contribution in [-0.2, 0) is 6.42 Å². The molecule has 5 heteroatoms. The molecule has 2 aromatic heterocycles. The molecule has 1 unspecified atom stereocenters. The molecule has 0 spiro atoms. The van der Waals surface area contributed by atoms with Crippen LogP contribution < -0.4 is 10.9 Å². The first kappa shape index (κ1) is 11.4. The van der Waals surface area contributed by atoms with Gasteiger partial charge in [-0.3, -0.25) is 4.79 Å². The van der Waals surface area contributed by atoms with Gasteiger partial charge < -0.3 is 14.7 Å². The molecule has 0 aliphatic heterocycles. The summed E-state index contributed by atoms with van der Waals surface area (Å²) in [7, 11) is 0. The molecule has 17 heavy (non-hydrogen) atoms. The SMILES string of the molecule is CCc1nc(NC(C)c2ccco2)cc(=O)[nH]1. The second-order valence-corrected chi connectivity index (χ2v) is 3.81. The third kappa shape index (κ3) is 2.75. The van der Waals surface area contributed by atoms with E-state index in [1.54, 1.807) is 6.26 Å². The minimum Gasteiger partial charge on any atom is -0.467 e. The first-order valence-corrected chi connectivity index (χ1v) is 5.59. The van der Waals surface area contributed by atoms with Gasteiger partial charge in [0.1, 0.15) is 17.4 Å². The van der Waals surface area contributed by atoms with Crippen molar-refractivity contribution < 1.29 is 4.42 Å². The molecule has 0 aliphatic rings. The Morgan fingerprint density at radius 1 is 1.59 bits per heavy atom. The summed E-state index contributed by atoms with van der Waals surface area (Å²) in [6, 6.07) is 5.13. The predicted molar refractivity (Wildman–Crippen MR) is 65.0 cm³/mol. The Morgan fingerprint density at radius 3 is 3.06 bits per heavy atom. The van der Waals surface area contributed by atoms with Gasteiger partial charge in [0, 0.05) is 12.5 Å². The van der Waals surface area contributed by atoms with Crippen LogP contribution in [0.5, 0.6) is 0 Å². The Labute approximate surface area is 98.9 Å². The number of aryl methyl sites for hydroxylation is 1. The summed E-state index contributed by atoms with van der Waals surface area (Å²) in [4.78, 5) is 18.3. The highest BCUT2D eigenvalue weighted by molar-refractivity contribution is 5.35. The number of rotatable bonds is 4. The molecule has 2 rings (SSSR count). The van der Waals surface area contributed by atoms with Crippen LogP contribution in [0.25, 0.3) is 0 Å². The molecular formula is C12H15N3O2. The zero-order valence-corrected chi connectivity index (χ0v) is 9.86. The summed E-state index contributed by atoms with van der Waals surface area (Å²) in [5, 5.41) is 3.13. The van der Waals surface area contributed by atoms with Gasteiger partial charge in [-0.1, -0.05) is 6.92 Å². The van der Waals surface area contributed by atoms with Crippen LogP contribution in [0, 0.1) is 0 Å². The van der Waals surface area contributed by atoms with E-state index in [-0.39, 0.29) is 11.6 Å². The molecule has 0 saturated heterocycles. The standard InChI is InChI=1S/C12H15N3O2/c1-3-10-14-11(7-12(16)15-10)13-8(2)9-5-4-6-17-9/h4-8H,3H2,1-2H3,(H2,13,14,15,16). The van der Waals surface area contributed by atoms with E-state index < -0.39 is 0 Å². The van der Waals surface area contributed by atoms with Gasteiger partial charge >= 0.3 is 0 Å². The molecule has 2 aromatic rings. The maximum atomic E-state index is 11.4. The molecule has 2 heterocycles. The quantitative estimate of drug-likeness (QED) is 0.848. The van der Waals surface area contributed by atoms with Crippen molar-refractivity contribution in [2.45, 2.75) is 26.3 Å². The Balaban J connectivity index is 2.18. The van der Waals surface area contributed by atoms with Gasteiger partial charge in [-0.25, -0.2) is 4.98 Å². The normalized spacial score (nSPS) is 12.4. The second-order valence-electron chi connectivity index (χ2n) is 3.81. The van der Waals surface area contributed by atoms with Gasteiger partial charge in [0.05, 0.1) is 12.3 Å². The lowest BCUT2D eigenvalue weighted by Crippen LogP contribution is -2.15. The first-order valence-electron chi connectivity index (χ1n) is 5.59. The second kappa shape index (κ2) is 4.86. The lowest BCUT2D eigenvalue weighted by molar-refractivity contribution is 0.490. The number of hydrogen-bond donors (Lipinski definition) is 2. The Bertz CT molecular complexity index is 531.